The fraction of sp³-hybridized carbons (Fsp3) is 0.0769. The zero-order chi connectivity index (χ0) is 11.7. The molecule has 4 nitrogen and oxygen atoms in total. The second kappa shape index (κ2) is 3.99. The lowest BCUT2D eigenvalue weighted by molar-refractivity contribution is 1.02. The van der Waals surface area contributed by atoms with E-state index in [9.17, 15) is 0 Å². The monoisotopic (exact) mass is 224 g/mol. The molecule has 0 fully saturated rings. The van der Waals surface area contributed by atoms with Crippen molar-refractivity contribution < 1.29 is 0 Å². The van der Waals surface area contributed by atoms with E-state index in [4.69, 9.17) is 5.73 Å². The third kappa shape index (κ3) is 1.59. The molecule has 0 spiro atoms. The van der Waals surface area contributed by atoms with Crippen LogP contribution in [0.15, 0.2) is 48.9 Å². The van der Waals surface area contributed by atoms with Crippen LogP contribution in [0.4, 0.5) is 0 Å². The second-order valence-electron chi connectivity index (χ2n) is 3.78. The smallest absolute Gasteiger partial charge is 0.144 e. The molecule has 0 aliphatic heterocycles. The van der Waals surface area contributed by atoms with Gasteiger partial charge < -0.3 is 5.73 Å². The Balaban J connectivity index is 2.31. The van der Waals surface area contributed by atoms with Gasteiger partial charge in [-0.3, -0.25) is 9.38 Å². The van der Waals surface area contributed by atoms with Gasteiger partial charge in [-0.05, 0) is 0 Å². The molecule has 3 aromatic rings. The van der Waals surface area contributed by atoms with E-state index in [1.165, 1.54) is 0 Å². The van der Waals surface area contributed by atoms with E-state index < -0.39 is 0 Å². The van der Waals surface area contributed by atoms with Crippen LogP contribution in [0.3, 0.4) is 0 Å². The van der Waals surface area contributed by atoms with E-state index in [0.29, 0.717) is 6.54 Å². The van der Waals surface area contributed by atoms with E-state index in [0.717, 1.165) is 22.6 Å². The normalized spacial score (nSPS) is 10.9. The first-order valence-corrected chi connectivity index (χ1v) is 5.46. The molecular formula is C13H12N4. The summed E-state index contributed by atoms with van der Waals surface area (Å²) in [4.78, 5) is 8.69. The molecule has 0 radical (unpaired) electrons. The highest BCUT2D eigenvalue weighted by Crippen LogP contribution is 2.21. The summed E-state index contributed by atoms with van der Waals surface area (Å²) in [6.07, 6.45) is 5.45. The van der Waals surface area contributed by atoms with E-state index in [-0.39, 0.29) is 0 Å². The van der Waals surface area contributed by atoms with E-state index in [1.54, 1.807) is 12.4 Å². The highest BCUT2D eigenvalue weighted by molar-refractivity contribution is 5.64. The minimum Gasteiger partial charge on any atom is -0.325 e. The van der Waals surface area contributed by atoms with Crippen LogP contribution in [-0.2, 0) is 6.54 Å². The number of hydrogen-bond acceptors (Lipinski definition) is 3. The number of nitrogens with zero attached hydrogens (tertiary/aromatic N) is 3. The third-order valence-electron chi connectivity index (χ3n) is 2.75. The Hall–Kier alpha value is -2.20. The van der Waals surface area contributed by atoms with Crippen molar-refractivity contribution in [3.8, 4) is 11.4 Å². The van der Waals surface area contributed by atoms with Crippen LogP contribution in [-0.4, -0.2) is 14.4 Å². The molecule has 17 heavy (non-hydrogen) atoms. The van der Waals surface area contributed by atoms with Gasteiger partial charge in [-0.15, -0.1) is 0 Å². The number of benzene rings is 1. The van der Waals surface area contributed by atoms with Crippen molar-refractivity contribution in [3.63, 3.8) is 0 Å². The second-order valence-corrected chi connectivity index (χ2v) is 3.78. The van der Waals surface area contributed by atoms with Gasteiger partial charge in [-0.1, -0.05) is 30.3 Å². The van der Waals surface area contributed by atoms with Gasteiger partial charge in [-0.25, -0.2) is 4.98 Å². The number of fused-ring (bicyclic) bond motifs is 1. The van der Waals surface area contributed by atoms with Crippen molar-refractivity contribution in [3.05, 3.63) is 54.6 Å². The van der Waals surface area contributed by atoms with Crippen LogP contribution in [0.1, 0.15) is 5.69 Å². The summed E-state index contributed by atoms with van der Waals surface area (Å²) < 4.78 is 2.02. The molecule has 0 unspecified atom stereocenters. The molecule has 0 amide bonds. The molecule has 2 N–H and O–H groups in total. The molecule has 3 rings (SSSR count). The van der Waals surface area contributed by atoms with Crippen molar-refractivity contribution in [2.45, 2.75) is 6.54 Å². The molecule has 2 heterocycles. The minimum atomic E-state index is 0.419. The molecule has 0 atom stereocenters. The van der Waals surface area contributed by atoms with E-state index >= 15 is 0 Å². The average Bonchev–Trinajstić information content (AvgIpc) is 2.78. The molecule has 2 aromatic heterocycles. The van der Waals surface area contributed by atoms with Gasteiger partial charge in [0.15, 0.2) is 0 Å². The Bertz CT molecular complexity index is 643. The average molecular weight is 224 g/mol. The molecular weight excluding hydrogens is 212 g/mol. The Morgan fingerprint density at radius 2 is 2.00 bits per heavy atom. The molecule has 4 heteroatoms. The molecule has 0 aliphatic carbocycles. The largest absolute Gasteiger partial charge is 0.325 e. The van der Waals surface area contributed by atoms with Crippen LogP contribution >= 0.6 is 0 Å². The quantitative estimate of drug-likeness (QED) is 0.722. The lowest BCUT2D eigenvalue weighted by atomic mass is 10.2. The fourth-order valence-electron chi connectivity index (χ4n) is 1.94. The van der Waals surface area contributed by atoms with Crippen LogP contribution in [0.2, 0.25) is 0 Å². The van der Waals surface area contributed by atoms with Crippen LogP contribution < -0.4 is 5.73 Å². The summed E-state index contributed by atoms with van der Waals surface area (Å²) in [5.74, 6) is 0.906. The molecule has 0 aliphatic rings. The van der Waals surface area contributed by atoms with E-state index in [1.807, 2.05) is 40.9 Å². The van der Waals surface area contributed by atoms with Crippen molar-refractivity contribution in [2.24, 2.45) is 5.73 Å². The first kappa shape index (κ1) is 9.99. The topological polar surface area (TPSA) is 56.2 Å². The first-order valence-electron chi connectivity index (χ1n) is 5.46. The molecule has 0 saturated heterocycles. The molecule has 0 saturated carbocycles. The van der Waals surface area contributed by atoms with Crippen molar-refractivity contribution in [2.75, 3.05) is 0 Å². The number of hydrogen-bond donors (Lipinski definition) is 1. The third-order valence-corrected chi connectivity index (χ3v) is 2.75. The number of aromatic nitrogens is 3. The van der Waals surface area contributed by atoms with Crippen molar-refractivity contribution in [1.29, 1.82) is 0 Å². The number of nitrogens with two attached hydrogens (primary N) is 1. The van der Waals surface area contributed by atoms with Gasteiger partial charge >= 0.3 is 0 Å². The van der Waals surface area contributed by atoms with Crippen molar-refractivity contribution >= 4 is 5.52 Å². The molecule has 84 valence electrons. The summed E-state index contributed by atoms with van der Waals surface area (Å²) >= 11 is 0. The van der Waals surface area contributed by atoms with Crippen LogP contribution in [0.25, 0.3) is 16.9 Å². The zero-order valence-electron chi connectivity index (χ0n) is 9.24. The fourth-order valence-corrected chi connectivity index (χ4v) is 1.94. The summed E-state index contributed by atoms with van der Waals surface area (Å²) in [7, 11) is 0. The molecule has 0 bridgehead atoms. The summed E-state index contributed by atoms with van der Waals surface area (Å²) in [5.41, 5.74) is 8.62. The minimum absolute atomic E-state index is 0.419. The maximum Gasteiger partial charge on any atom is 0.144 e. The number of rotatable bonds is 2. The zero-order valence-corrected chi connectivity index (χ0v) is 9.24. The number of imidazole rings is 1. The molecule has 1 aromatic carbocycles. The van der Waals surface area contributed by atoms with Gasteiger partial charge in [0.05, 0.1) is 17.4 Å². The maximum atomic E-state index is 5.70. The van der Waals surface area contributed by atoms with Gasteiger partial charge in [-0.2, -0.15) is 0 Å². The van der Waals surface area contributed by atoms with Crippen LogP contribution in [0.5, 0.6) is 0 Å². The summed E-state index contributed by atoms with van der Waals surface area (Å²) in [5, 5.41) is 0. The first-order chi connectivity index (χ1) is 8.40. The Morgan fingerprint density at radius 1 is 1.18 bits per heavy atom. The summed E-state index contributed by atoms with van der Waals surface area (Å²) in [6.45, 7) is 0.419. The predicted octanol–water partition coefficient (Wildman–Crippen LogP) is 1.85. The maximum absolute atomic E-state index is 5.70. The lowest BCUT2D eigenvalue weighted by Crippen LogP contribution is -1.97. The van der Waals surface area contributed by atoms with E-state index in [2.05, 4.69) is 9.97 Å². The lowest BCUT2D eigenvalue weighted by Gasteiger charge is -1.99. The van der Waals surface area contributed by atoms with Crippen molar-refractivity contribution in [1.82, 2.24) is 14.4 Å². The van der Waals surface area contributed by atoms with Crippen LogP contribution in [0, 0.1) is 0 Å². The Kier molecular flexibility index (Phi) is 2.34. The highest BCUT2D eigenvalue weighted by atomic mass is 15.0. The van der Waals surface area contributed by atoms with Gasteiger partial charge in [0.2, 0.25) is 0 Å². The Labute approximate surface area is 98.8 Å². The SMILES string of the molecule is NCc1nc(-c2ccccc2)n2ccncc12. The van der Waals surface area contributed by atoms with Gasteiger partial charge in [0.25, 0.3) is 0 Å². The highest BCUT2D eigenvalue weighted by Gasteiger charge is 2.10. The standard InChI is InChI=1S/C13H12N4/c14-8-11-12-9-15-6-7-17(12)13(16-11)10-4-2-1-3-5-10/h1-7,9H,8,14H2. The Morgan fingerprint density at radius 3 is 2.76 bits per heavy atom. The summed E-state index contributed by atoms with van der Waals surface area (Å²) in [6, 6.07) is 10.1. The van der Waals surface area contributed by atoms with Gasteiger partial charge in [0, 0.05) is 24.5 Å². The van der Waals surface area contributed by atoms with Gasteiger partial charge in [0.1, 0.15) is 5.82 Å². The predicted molar refractivity (Wildman–Crippen MR) is 66.3 cm³/mol.